The number of hydrogen-bond acceptors (Lipinski definition) is 2. The highest BCUT2D eigenvalue weighted by Crippen LogP contribution is 2.24. The Morgan fingerprint density at radius 1 is 1.15 bits per heavy atom. The number of pyridine rings is 1. The molecule has 0 aliphatic carbocycles. The quantitative estimate of drug-likeness (QED) is 0.719. The minimum absolute atomic E-state index is 0.131. The minimum atomic E-state index is -0.396. The summed E-state index contributed by atoms with van der Waals surface area (Å²) in [5.41, 5.74) is 3.22. The third-order valence-corrected chi connectivity index (χ3v) is 5.07. The molecule has 0 aliphatic rings. The second kappa shape index (κ2) is 7.34. The Hall–Kier alpha value is -2.59. The van der Waals surface area contributed by atoms with E-state index in [9.17, 15) is 9.59 Å². The highest BCUT2D eigenvalue weighted by atomic mass is 35.5. The Bertz CT molecular complexity index is 1050. The van der Waals surface area contributed by atoms with E-state index in [-0.39, 0.29) is 11.0 Å². The largest absolute Gasteiger partial charge is 0.346 e. The summed E-state index contributed by atoms with van der Waals surface area (Å²) in [6.45, 7) is 6.51. The molecule has 0 fully saturated rings. The molecule has 5 heteroatoms. The normalized spacial score (nSPS) is 10.9. The first-order chi connectivity index (χ1) is 12.5. The molecule has 0 bridgehead atoms. The number of amides is 1. The standard InChI is InChI=1S/C21H21ClN2O2/c1-4-14-8-6-7-9-18(14)23-21(26)16-12-24(5-2)19-13(3)17(22)11-10-15(19)20(16)25/h6-12H,4-5H2,1-3H3,(H,23,26). The lowest BCUT2D eigenvalue weighted by molar-refractivity contribution is 0.102. The van der Waals surface area contributed by atoms with Crippen LogP contribution in [0.5, 0.6) is 0 Å². The van der Waals surface area contributed by atoms with Crippen LogP contribution in [-0.2, 0) is 13.0 Å². The van der Waals surface area contributed by atoms with Crippen molar-refractivity contribution in [3.05, 3.63) is 74.5 Å². The molecule has 3 aromatic rings. The predicted molar refractivity (Wildman–Crippen MR) is 107 cm³/mol. The van der Waals surface area contributed by atoms with Crippen LogP contribution in [0.2, 0.25) is 5.02 Å². The summed E-state index contributed by atoms with van der Waals surface area (Å²) in [5.74, 6) is -0.396. The van der Waals surface area contributed by atoms with E-state index in [2.05, 4.69) is 5.32 Å². The molecule has 0 atom stereocenters. The minimum Gasteiger partial charge on any atom is -0.346 e. The number of carbonyl (C=O) groups is 1. The first-order valence-corrected chi connectivity index (χ1v) is 9.07. The third kappa shape index (κ3) is 3.13. The predicted octanol–water partition coefficient (Wildman–Crippen LogP) is 4.80. The van der Waals surface area contributed by atoms with E-state index >= 15 is 0 Å². The van der Waals surface area contributed by atoms with Gasteiger partial charge in [0, 0.05) is 28.8 Å². The average molecular weight is 369 g/mol. The van der Waals surface area contributed by atoms with E-state index in [0.717, 1.165) is 28.8 Å². The van der Waals surface area contributed by atoms with Gasteiger partial charge < -0.3 is 9.88 Å². The molecular weight excluding hydrogens is 348 g/mol. The lowest BCUT2D eigenvalue weighted by Crippen LogP contribution is -2.24. The van der Waals surface area contributed by atoms with E-state index in [0.29, 0.717) is 17.0 Å². The molecule has 3 rings (SSSR count). The summed E-state index contributed by atoms with van der Waals surface area (Å²) in [6, 6.07) is 11.0. The molecule has 1 amide bonds. The second-order valence-corrected chi connectivity index (χ2v) is 6.60. The summed E-state index contributed by atoms with van der Waals surface area (Å²) in [5, 5.41) is 3.99. The number of rotatable bonds is 4. The molecule has 134 valence electrons. The number of para-hydroxylation sites is 1. The molecule has 26 heavy (non-hydrogen) atoms. The maximum atomic E-state index is 12.9. The van der Waals surface area contributed by atoms with Crippen molar-refractivity contribution < 1.29 is 4.79 Å². The van der Waals surface area contributed by atoms with Gasteiger partial charge in [-0.2, -0.15) is 0 Å². The fourth-order valence-corrected chi connectivity index (χ4v) is 3.36. The van der Waals surface area contributed by atoms with Crippen LogP contribution in [0, 0.1) is 6.92 Å². The Morgan fingerprint density at radius 3 is 2.58 bits per heavy atom. The van der Waals surface area contributed by atoms with Crippen molar-refractivity contribution in [2.45, 2.75) is 33.7 Å². The van der Waals surface area contributed by atoms with Gasteiger partial charge in [0.2, 0.25) is 5.43 Å². The molecule has 2 aromatic carbocycles. The molecule has 1 aromatic heterocycles. The van der Waals surface area contributed by atoms with Crippen LogP contribution >= 0.6 is 11.6 Å². The molecule has 1 N–H and O–H groups in total. The number of benzene rings is 2. The molecule has 1 heterocycles. The third-order valence-electron chi connectivity index (χ3n) is 4.66. The molecule has 0 unspecified atom stereocenters. The van der Waals surface area contributed by atoms with Crippen LogP contribution in [0.15, 0.2) is 47.4 Å². The number of fused-ring (bicyclic) bond motifs is 1. The Labute approximate surface area is 157 Å². The molecule has 0 spiro atoms. The van der Waals surface area contributed by atoms with Gasteiger partial charge in [-0.25, -0.2) is 0 Å². The van der Waals surface area contributed by atoms with Crippen molar-refractivity contribution in [2.24, 2.45) is 0 Å². The Balaban J connectivity index is 2.14. The van der Waals surface area contributed by atoms with Crippen molar-refractivity contribution in [2.75, 3.05) is 5.32 Å². The van der Waals surface area contributed by atoms with Crippen LogP contribution < -0.4 is 10.7 Å². The maximum absolute atomic E-state index is 12.9. The molecule has 0 saturated heterocycles. The van der Waals surface area contributed by atoms with Crippen LogP contribution in [0.4, 0.5) is 5.69 Å². The van der Waals surface area contributed by atoms with Gasteiger partial charge in [0.1, 0.15) is 5.56 Å². The number of hydrogen-bond donors (Lipinski definition) is 1. The number of aromatic nitrogens is 1. The summed E-state index contributed by atoms with van der Waals surface area (Å²) in [4.78, 5) is 25.7. The zero-order chi connectivity index (χ0) is 18.8. The van der Waals surface area contributed by atoms with Gasteiger partial charge in [-0.1, -0.05) is 36.7 Å². The molecule has 0 radical (unpaired) electrons. The van der Waals surface area contributed by atoms with E-state index in [1.165, 1.54) is 0 Å². The van der Waals surface area contributed by atoms with Crippen LogP contribution in [0.3, 0.4) is 0 Å². The monoisotopic (exact) mass is 368 g/mol. The highest BCUT2D eigenvalue weighted by Gasteiger charge is 2.18. The van der Waals surface area contributed by atoms with E-state index < -0.39 is 5.91 Å². The number of nitrogens with zero attached hydrogens (tertiary/aromatic N) is 1. The summed E-state index contributed by atoms with van der Waals surface area (Å²) < 4.78 is 1.90. The Kier molecular flexibility index (Phi) is 5.14. The number of anilines is 1. The van der Waals surface area contributed by atoms with Crippen molar-refractivity contribution >= 4 is 34.1 Å². The molecule has 0 aliphatic heterocycles. The highest BCUT2D eigenvalue weighted by molar-refractivity contribution is 6.32. The Morgan fingerprint density at radius 2 is 1.88 bits per heavy atom. The number of nitrogens with one attached hydrogen (secondary N) is 1. The smallest absolute Gasteiger partial charge is 0.261 e. The summed E-state index contributed by atoms with van der Waals surface area (Å²) in [6.07, 6.45) is 2.42. The number of carbonyl (C=O) groups excluding carboxylic acids is 1. The van der Waals surface area contributed by atoms with Crippen molar-refractivity contribution in [1.82, 2.24) is 4.57 Å². The fourth-order valence-electron chi connectivity index (χ4n) is 3.20. The average Bonchev–Trinajstić information content (AvgIpc) is 2.65. The van der Waals surface area contributed by atoms with Crippen LogP contribution in [0.25, 0.3) is 10.9 Å². The van der Waals surface area contributed by atoms with Crippen molar-refractivity contribution in [3.8, 4) is 0 Å². The van der Waals surface area contributed by atoms with Gasteiger partial charge >= 0.3 is 0 Å². The molecular formula is C21H21ClN2O2. The topological polar surface area (TPSA) is 51.1 Å². The van der Waals surface area contributed by atoms with Crippen molar-refractivity contribution in [3.63, 3.8) is 0 Å². The van der Waals surface area contributed by atoms with Gasteiger partial charge in [0.25, 0.3) is 5.91 Å². The lowest BCUT2D eigenvalue weighted by Gasteiger charge is -2.15. The first-order valence-electron chi connectivity index (χ1n) is 8.69. The van der Waals surface area contributed by atoms with Gasteiger partial charge in [-0.3, -0.25) is 9.59 Å². The van der Waals surface area contributed by atoms with Crippen LogP contribution in [0.1, 0.15) is 35.3 Å². The second-order valence-electron chi connectivity index (χ2n) is 6.19. The van der Waals surface area contributed by atoms with Crippen LogP contribution in [-0.4, -0.2) is 10.5 Å². The SMILES string of the molecule is CCc1ccccc1NC(=O)c1cn(CC)c2c(C)c(Cl)ccc2c1=O. The van der Waals surface area contributed by atoms with Gasteiger partial charge in [0.05, 0.1) is 5.52 Å². The zero-order valence-corrected chi connectivity index (χ0v) is 15.9. The maximum Gasteiger partial charge on any atom is 0.261 e. The fraction of sp³-hybridized carbons (Fsp3) is 0.238. The summed E-state index contributed by atoms with van der Waals surface area (Å²) >= 11 is 6.22. The number of halogens is 1. The van der Waals surface area contributed by atoms with E-state index in [1.807, 2.05) is 49.6 Å². The zero-order valence-electron chi connectivity index (χ0n) is 15.1. The van der Waals surface area contributed by atoms with Gasteiger partial charge in [-0.05, 0) is 49.6 Å². The van der Waals surface area contributed by atoms with E-state index in [1.54, 1.807) is 18.3 Å². The molecule has 4 nitrogen and oxygen atoms in total. The molecule has 0 saturated carbocycles. The summed E-state index contributed by atoms with van der Waals surface area (Å²) in [7, 11) is 0. The lowest BCUT2D eigenvalue weighted by atomic mass is 10.1. The van der Waals surface area contributed by atoms with Gasteiger partial charge in [-0.15, -0.1) is 0 Å². The van der Waals surface area contributed by atoms with E-state index in [4.69, 9.17) is 11.6 Å². The van der Waals surface area contributed by atoms with Crippen molar-refractivity contribution in [1.29, 1.82) is 0 Å². The number of aryl methyl sites for hydroxylation is 3. The first kappa shape index (κ1) is 18.2. The van der Waals surface area contributed by atoms with Gasteiger partial charge in [0.15, 0.2) is 0 Å².